The number of benzene rings is 1. The molecule has 0 aromatic heterocycles. The van der Waals surface area contributed by atoms with E-state index in [2.05, 4.69) is 4.90 Å². The van der Waals surface area contributed by atoms with Gasteiger partial charge in [-0.05, 0) is 30.5 Å². The molecule has 1 aromatic rings. The fraction of sp³-hybridized carbons (Fsp3) is 0.533. The number of hydrogen-bond acceptors (Lipinski definition) is 2. The molecule has 0 radical (unpaired) electrons. The van der Waals surface area contributed by atoms with Crippen LogP contribution >= 0.6 is 0 Å². The number of nitrogens with zero attached hydrogens (tertiary/aromatic N) is 1. The number of likely N-dealkylation sites (tertiary alicyclic amines) is 1. The molecule has 96 valence electrons. The van der Waals surface area contributed by atoms with Crippen LogP contribution in [0.25, 0.3) is 0 Å². The number of rotatable bonds is 2. The predicted molar refractivity (Wildman–Crippen MR) is 67.5 cm³/mol. The molecule has 1 aromatic carbocycles. The van der Waals surface area contributed by atoms with E-state index >= 15 is 0 Å². The fourth-order valence-electron chi connectivity index (χ4n) is 3.27. The van der Waals surface area contributed by atoms with Crippen LogP contribution in [-0.2, 0) is 11.3 Å². The van der Waals surface area contributed by atoms with Crippen molar-refractivity contribution in [2.24, 2.45) is 11.8 Å². The van der Waals surface area contributed by atoms with Crippen molar-refractivity contribution < 1.29 is 9.18 Å². The molecular weight excluding hydrogens is 229 g/mol. The lowest BCUT2D eigenvalue weighted by Gasteiger charge is -2.40. The van der Waals surface area contributed by atoms with Gasteiger partial charge in [-0.15, -0.1) is 0 Å². The summed E-state index contributed by atoms with van der Waals surface area (Å²) in [5.74, 6) is 0.789. The zero-order valence-electron chi connectivity index (χ0n) is 10.4. The Hall–Kier alpha value is -1.22. The molecule has 0 unspecified atom stereocenters. The van der Waals surface area contributed by atoms with Gasteiger partial charge in [0.2, 0.25) is 0 Å². The number of halogens is 1. The topological polar surface area (TPSA) is 20.3 Å². The molecule has 2 bridgehead atoms. The van der Waals surface area contributed by atoms with E-state index in [-0.39, 0.29) is 17.7 Å². The van der Waals surface area contributed by atoms with Crippen LogP contribution in [-0.4, -0.2) is 23.8 Å². The monoisotopic (exact) mass is 247 g/mol. The van der Waals surface area contributed by atoms with Crippen LogP contribution in [0.3, 0.4) is 0 Å². The highest BCUT2D eigenvalue weighted by atomic mass is 19.1. The Labute approximate surface area is 107 Å². The summed E-state index contributed by atoms with van der Waals surface area (Å²) in [6, 6.07) is 6.68. The van der Waals surface area contributed by atoms with Crippen molar-refractivity contribution in [3.05, 3.63) is 35.6 Å². The Balaban J connectivity index is 1.67. The molecule has 1 heterocycles. The van der Waals surface area contributed by atoms with E-state index in [1.54, 1.807) is 0 Å². The van der Waals surface area contributed by atoms with Crippen molar-refractivity contribution >= 4 is 5.78 Å². The second kappa shape index (κ2) is 4.81. The summed E-state index contributed by atoms with van der Waals surface area (Å²) < 4.78 is 12.8. The molecule has 2 atom stereocenters. The van der Waals surface area contributed by atoms with Gasteiger partial charge in [0, 0.05) is 31.5 Å². The molecule has 1 aliphatic heterocycles. The van der Waals surface area contributed by atoms with Gasteiger partial charge in [0.05, 0.1) is 0 Å². The SMILES string of the molecule is O=C1[C@@H]2CCC[C@H]1CN(Cc1ccc(F)cc1)C2. The molecule has 1 saturated heterocycles. The van der Waals surface area contributed by atoms with Crippen molar-refractivity contribution in [2.45, 2.75) is 25.8 Å². The quantitative estimate of drug-likeness (QED) is 0.800. The number of Topliss-reactive ketones (excluding diaryl/α,β-unsaturated/α-hetero) is 1. The average molecular weight is 247 g/mol. The third-order valence-corrected chi connectivity index (χ3v) is 4.19. The van der Waals surface area contributed by atoms with Gasteiger partial charge in [-0.1, -0.05) is 18.6 Å². The number of piperidine rings is 1. The van der Waals surface area contributed by atoms with Gasteiger partial charge in [0.1, 0.15) is 11.6 Å². The smallest absolute Gasteiger partial charge is 0.141 e. The van der Waals surface area contributed by atoms with Gasteiger partial charge < -0.3 is 0 Å². The van der Waals surface area contributed by atoms with Crippen LogP contribution < -0.4 is 0 Å². The summed E-state index contributed by atoms with van der Waals surface area (Å²) >= 11 is 0. The molecule has 2 fully saturated rings. The third-order valence-electron chi connectivity index (χ3n) is 4.19. The minimum Gasteiger partial charge on any atom is -0.299 e. The lowest BCUT2D eigenvalue weighted by molar-refractivity contribution is -0.134. The summed E-state index contributed by atoms with van der Waals surface area (Å²) in [5.41, 5.74) is 1.13. The first-order chi connectivity index (χ1) is 8.72. The highest BCUT2D eigenvalue weighted by molar-refractivity contribution is 5.85. The molecule has 0 N–H and O–H groups in total. The Kier molecular flexibility index (Phi) is 3.16. The number of carbonyl (C=O) groups is 1. The zero-order valence-corrected chi connectivity index (χ0v) is 10.4. The minimum absolute atomic E-state index is 0.190. The average Bonchev–Trinajstić information content (AvgIpc) is 2.33. The van der Waals surface area contributed by atoms with E-state index in [1.807, 2.05) is 12.1 Å². The van der Waals surface area contributed by atoms with Crippen LogP contribution in [0.4, 0.5) is 4.39 Å². The van der Waals surface area contributed by atoms with Crippen molar-refractivity contribution in [1.82, 2.24) is 4.90 Å². The summed E-state index contributed by atoms with van der Waals surface area (Å²) in [4.78, 5) is 14.3. The highest BCUT2D eigenvalue weighted by Gasteiger charge is 2.37. The van der Waals surface area contributed by atoms with E-state index in [4.69, 9.17) is 0 Å². The minimum atomic E-state index is -0.190. The first-order valence-electron chi connectivity index (χ1n) is 6.73. The Morgan fingerprint density at radius 2 is 1.72 bits per heavy atom. The van der Waals surface area contributed by atoms with Gasteiger partial charge in [-0.25, -0.2) is 4.39 Å². The maximum Gasteiger partial charge on any atom is 0.141 e. The van der Waals surface area contributed by atoms with Gasteiger partial charge in [0.25, 0.3) is 0 Å². The first kappa shape index (κ1) is 11.8. The zero-order chi connectivity index (χ0) is 12.5. The Bertz CT molecular complexity index is 426. The summed E-state index contributed by atoms with van der Waals surface area (Å²) in [7, 11) is 0. The highest BCUT2D eigenvalue weighted by Crippen LogP contribution is 2.32. The van der Waals surface area contributed by atoms with Gasteiger partial charge in [-0.2, -0.15) is 0 Å². The largest absolute Gasteiger partial charge is 0.299 e. The maximum atomic E-state index is 12.8. The van der Waals surface area contributed by atoms with Gasteiger partial charge in [0.15, 0.2) is 0 Å². The van der Waals surface area contributed by atoms with E-state index in [0.717, 1.165) is 38.0 Å². The summed E-state index contributed by atoms with van der Waals surface area (Å²) in [6.07, 6.45) is 3.30. The lowest BCUT2D eigenvalue weighted by Crippen LogP contribution is -2.48. The Morgan fingerprint density at radius 1 is 1.11 bits per heavy atom. The fourth-order valence-corrected chi connectivity index (χ4v) is 3.27. The molecule has 2 aliphatic rings. The number of hydrogen-bond donors (Lipinski definition) is 0. The molecule has 0 spiro atoms. The van der Waals surface area contributed by atoms with E-state index < -0.39 is 0 Å². The van der Waals surface area contributed by atoms with Gasteiger partial charge >= 0.3 is 0 Å². The standard InChI is InChI=1S/C15H18FNO/c16-14-6-4-11(5-7-14)8-17-9-12-2-1-3-13(10-17)15(12)18/h4-7,12-13H,1-3,8-10H2/t12-,13+. The van der Waals surface area contributed by atoms with E-state index in [1.165, 1.54) is 18.6 Å². The maximum absolute atomic E-state index is 12.8. The predicted octanol–water partition coefficient (Wildman–Crippen LogP) is 2.63. The molecule has 18 heavy (non-hydrogen) atoms. The van der Waals surface area contributed by atoms with Crippen molar-refractivity contribution in [3.63, 3.8) is 0 Å². The molecule has 3 rings (SSSR count). The van der Waals surface area contributed by atoms with E-state index in [9.17, 15) is 9.18 Å². The number of fused-ring (bicyclic) bond motifs is 2. The molecule has 0 amide bonds. The van der Waals surface area contributed by atoms with Crippen molar-refractivity contribution in [1.29, 1.82) is 0 Å². The second-order valence-electron chi connectivity index (χ2n) is 5.55. The summed E-state index contributed by atoms with van der Waals surface area (Å²) in [6.45, 7) is 2.60. The normalized spacial score (nSPS) is 28.4. The van der Waals surface area contributed by atoms with E-state index in [0.29, 0.717) is 5.78 Å². The Morgan fingerprint density at radius 3 is 2.33 bits per heavy atom. The molecule has 1 aliphatic carbocycles. The summed E-state index contributed by atoms with van der Waals surface area (Å²) in [5, 5.41) is 0. The lowest BCUT2D eigenvalue weighted by atomic mass is 9.76. The van der Waals surface area contributed by atoms with Crippen LogP contribution in [0.15, 0.2) is 24.3 Å². The molecule has 1 saturated carbocycles. The molecule has 3 heteroatoms. The van der Waals surface area contributed by atoms with Crippen molar-refractivity contribution in [2.75, 3.05) is 13.1 Å². The van der Waals surface area contributed by atoms with Crippen LogP contribution in [0.1, 0.15) is 24.8 Å². The number of carbonyl (C=O) groups excluding carboxylic acids is 1. The van der Waals surface area contributed by atoms with Crippen LogP contribution in [0.2, 0.25) is 0 Å². The molecule has 2 nitrogen and oxygen atoms in total. The van der Waals surface area contributed by atoms with Gasteiger partial charge in [-0.3, -0.25) is 9.69 Å². The van der Waals surface area contributed by atoms with Crippen LogP contribution in [0, 0.1) is 17.7 Å². The number of ketones is 1. The third kappa shape index (κ3) is 2.32. The second-order valence-corrected chi connectivity index (χ2v) is 5.55. The molecular formula is C15H18FNO. The van der Waals surface area contributed by atoms with Crippen molar-refractivity contribution in [3.8, 4) is 0 Å². The van der Waals surface area contributed by atoms with Crippen LogP contribution in [0.5, 0.6) is 0 Å². The first-order valence-corrected chi connectivity index (χ1v) is 6.73.